The van der Waals surface area contributed by atoms with E-state index in [1.165, 1.54) is 38.5 Å². The van der Waals surface area contributed by atoms with Crippen LogP contribution in [-0.4, -0.2) is 47.3 Å². The van der Waals surface area contributed by atoms with E-state index < -0.39 is 0 Å². The van der Waals surface area contributed by atoms with Gasteiger partial charge in [0.25, 0.3) is 0 Å². The first-order chi connectivity index (χ1) is 8.63. The van der Waals surface area contributed by atoms with Gasteiger partial charge in [-0.2, -0.15) is 0 Å². The van der Waals surface area contributed by atoms with E-state index in [0.717, 1.165) is 25.6 Å². The quantitative estimate of drug-likeness (QED) is 0.810. The molecule has 18 heavy (non-hydrogen) atoms. The lowest BCUT2D eigenvalue weighted by Gasteiger charge is -2.45. The van der Waals surface area contributed by atoms with Crippen LogP contribution < -0.4 is 5.32 Å². The molecule has 0 amide bonds. The van der Waals surface area contributed by atoms with Crippen LogP contribution in [0.25, 0.3) is 0 Å². The third kappa shape index (κ3) is 3.46. The minimum absolute atomic E-state index is 0.302. The van der Waals surface area contributed by atoms with Gasteiger partial charge in [0.1, 0.15) is 0 Å². The molecule has 0 bridgehead atoms. The number of hydrogen-bond donors (Lipinski definition) is 2. The molecule has 0 aromatic rings. The van der Waals surface area contributed by atoms with Crippen molar-refractivity contribution in [3.63, 3.8) is 0 Å². The van der Waals surface area contributed by atoms with Gasteiger partial charge in [-0.15, -0.1) is 0 Å². The van der Waals surface area contributed by atoms with Gasteiger partial charge in [-0.05, 0) is 46.1 Å². The Balaban J connectivity index is 2.05. The second-order valence-electron chi connectivity index (χ2n) is 6.67. The van der Waals surface area contributed by atoms with Gasteiger partial charge in [0.2, 0.25) is 0 Å². The Morgan fingerprint density at radius 2 is 1.94 bits per heavy atom. The molecule has 2 aliphatic rings. The molecular formula is C15H30N2O. The number of aliphatic hydroxyl groups is 1. The molecule has 2 fully saturated rings. The minimum Gasteiger partial charge on any atom is -0.396 e. The summed E-state index contributed by atoms with van der Waals surface area (Å²) >= 11 is 0. The van der Waals surface area contributed by atoms with Gasteiger partial charge >= 0.3 is 0 Å². The van der Waals surface area contributed by atoms with E-state index in [1.54, 1.807) is 0 Å². The molecule has 106 valence electrons. The second-order valence-corrected chi connectivity index (χ2v) is 6.67. The van der Waals surface area contributed by atoms with E-state index in [-0.39, 0.29) is 0 Å². The molecular weight excluding hydrogens is 224 g/mol. The summed E-state index contributed by atoms with van der Waals surface area (Å²) < 4.78 is 0. The van der Waals surface area contributed by atoms with Crippen LogP contribution in [0.4, 0.5) is 0 Å². The van der Waals surface area contributed by atoms with Crippen molar-refractivity contribution in [3.8, 4) is 0 Å². The molecule has 3 nitrogen and oxygen atoms in total. The topological polar surface area (TPSA) is 35.5 Å². The first-order valence-electron chi connectivity index (χ1n) is 7.74. The average molecular weight is 254 g/mol. The zero-order chi connectivity index (χ0) is 13.0. The van der Waals surface area contributed by atoms with Crippen LogP contribution in [-0.2, 0) is 0 Å². The van der Waals surface area contributed by atoms with Crippen LogP contribution in [0, 0.1) is 0 Å². The lowest BCUT2D eigenvalue weighted by molar-refractivity contribution is 0.0462. The summed E-state index contributed by atoms with van der Waals surface area (Å²) in [6.45, 7) is 7.28. The van der Waals surface area contributed by atoms with Crippen LogP contribution in [0.1, 0.15) is 58.8 Å². The Morgan fingerprint density at radius 1 is 1.22 bits per heavy atom. The summed E-state index contributed by atoms with van der Waals surface area (Å²) in [7, 11) is 0. The molecule has 1 aliphatic heterocycles. The fourth-order valence-corrected chi connectivity index (χ4v) is 3.66. The summed E-state index contributed by atoms with van der Waals surface area (Å²) in [5.41, 5.74) is 0.305. The number of nitrogens with one attached hydrogen (secondary N) is 1. The Labute approximate surface area is 112 Å². The molecule has 0 aromatic heterocycles. The van der Waals surface area contributed by atoms with Crippen LogP contribution in [0.2, 0.25) is 0 Å². The van der Waals surface area contributed by atoms with Gasteiger partial charge in [-0.3, -0.25) is 4.90 Å². The Hall–Kier alpha value is -0.120. The zero-order valence-corrected chi connectivity index (χ0v) is 12.1. The van der Waals surface area contributed by atoms with Crippen molar-refractivity contribution >= 4 is 0 Å². The predicted octanol–water partition coefficient (Wildman–Crippen LogP) is 2.14. The van der Waals surface area contributed by atoms with Crippen molar-refractivity contribution in [1.29, 1.82) is 0 Å². The molecule has 3 heteroatoms. The molecule has 1 atom stereocenters. The van der Waals surface area contributed by atoms with Gasteiger partial charge in [-0.25, -0.2) is 0 Å². The fourth-order valence-electron chi connectivity index (χ4n) is 3.66. The van der Waals surface area contributed by atoms with Gasteiger partial charge in [0.05, 0.1) is 0 Å². The van der Waals surface area contributed by atoms with Crippen LogP contribution in [0.3, 0.4) is 0 Å². The Morgan fingerprint density at radius 3 is 2.61 bits per heavy atom. The first kappa shape index (κ1) is 14.3. The fraction of sp³-hybridized carbons (Fsp3) is 1.00. The monoisotopic (exact) mass is 254 g/mol. The Kier molecular flexibility index (Phi) is 5.05. The maximum absolute atomic E-state index is 9.18. The van der Waals surface area contributed by atoms with E-state index in [1.807, 2.05) is 0 Å². The van der Waals surface area contributed by atoms with Crippen molar-refractivity contribution in [3.05, 3.63) is 0 Å². The van der Waals surface area contributed by atoms with Crippen LogP contribution >= 0.6 is 0 Å². The van der Waals surface area contributed by atoms with Crippen LogP contribution in [0.5, 0.6) is 0 Å². The van der Waals surface area contributed by atoms with Crippen molar-refractivity contribution in [2.45, 2.75) is 76.4 Å². The molecule has 1 aliphatic carbocycles. The molecule has 0 spiro atoms. The predicted molar refractivity (Wildman–Crippen MR) is 75.8 cm³/mol. The van der Waals surface area contributed by atoms with E-state index in [9.17, 15) is 5.11 Å². The highest BCUT2D eigenvalue weighted by Gasteiger charge is 2.36. The van der Waals surface area contributed by atoms with Gasteiger partial charge in [-0.1, -0.05) is 19.3 Å². The average Bonchev–Trinajstić information content (AvgIpc) is 2.50. The molecule has 1 heterocycles. The highest BCUT2D eigenvalue weighted by molar-refractivity contribution is 4.93. The van der Waals surface area contributed by atoms with E-state index in [0.29, 0.717) is 18.2 Å². The highest BCUT2D eigenvalue weighted by Crippen LogP contribution is 2.31. The van der Waals surface area contributed by atoms with Gasteiger partial charge in [0.15, 0.2) is 0 Å². The zero-order valence-electron chi connectivity index (χ0n) is 12.1. The SMILES string of the molecule is CC1(C)CCNC(CCO)CN1C1CCCCC1. The number of rotatable bonds is 3. The normalized spacial score (nSPS) is 31.2. The number of aliphatic hydroxyl groups excluding tert-OH is 1. The summed E-state index contributed by atoms with van der Waals surface area (Å²) in [6.07, 6.45) is 9.06. The molecule has 2 N–H and O–H groups in total. The standard InChI is InChI=1S/C15H30N2O/c1-15(2)9-10-16-13(8-11-18)12-17(15)14-6-4-3-5-7-14/h13-14,16,18H,3-12H2,1-2H3. The maximum Gasteiger partial charge on any atom is 0.0446 e. The molecule has 2 rings (SSSR count). The first-order valence-corrected chi connectivity index (χ1v) is 7.74. The third-order valence-electron chi connectivity index (χ3n) is 4.86. The lowest BCUT2D eigenvalue weighted by Crippen LogP contribution is -2.52. The maximum atomic E-state index is 9.18. The third-order valence-corrected chi connectivity index (χ3v) is 4.86. The van der Waals surface area contributed by atoms with Gasteiger partial charge in [0, 0.05) is 30.8 Å². The van der Waals surface area contributed by atoms with Gasteiger partial charge < -0.3 is 10.4 Å². The smallest absolute Gasteiger partial charge is 0.0446 e. The van der Waals surface area contributed by atoms with Crippen molar-refractivity contribution in [1.82, 2.24) is 10.2 Å². The molecule has 1 saturated heterocycles. The van der Waals surface area contributed by atoms with Crippen molar-refractivity contribution in [2.75, 3.05) is 19.7 Å². The van der Waals surface area contributed by atoms with Crippen molar-refractivity contribution < 1.29 is 5.11 Å². The van der Waals surface area contributed by atoms with E-state index in [4.69, 9.17) is 0 Å². The van der Waals surface area contributed by atoms with Crippen molar-refractivity contribution in [2.24, 2.45) is 0 Å². The molecule has 1 unspecified atom stereocenters. The van der Waals surface area contributed by atoms with Crippen LogP contribution in [0.15, 0.2) is 0 Å². The highest BCUT2D eigenvalue weighted by atomic mass is 16.3. The van der Waals surface area contributed by atoms with E-state index in [2.05, 4.69) is 24.1 Å². The summed E-state index contributed by atoms with van der Waals surface area (Å²) in [4.78, 5) is 2.74. The lowest BCUT2D eigenvalue weighted by atomic mass is 9.88. The summed E-state index contributed by atoms with van der Waals surface area (Å²) in [6, 6.07) is 1.24. The summed E-state index contributed by atoms with van der Waals surface area (Å²) in [5, 5.41) is 12.8. The molecule has 0 radical (unpaired) electrons. The van der Waals surface area contributed by atoms with E-state index >= 15 is 0 Å². The summed E-state index contributed by atoms with van der Waals surface area (Å²) in [5.74, 6) is 0. The number of nitrogens with zero attached hydrogens (tertiary/aromatic N) is 1. The largest absolute Gasteiger partial charge is 0.396 e. The minimum atomic E-state index is 0.302. The molecule has 1 saturated carbocycles. The number of hydrogen-bond acceptors (Lipinski definition) is 3. The Bertz CT molecular complexity index is 249. The molecule has 0 aromatic carbocycles. The second kappa shape index (κ2) is 6.36.